The Hall–Kier alpha value is -0.753. The van der Waals surface area contributed by atoms with Crippen LogP contribution in [0.1, 0.15) is 81.1 Å². The molecule has 0 aromatic heterocycles. The molecule has 1 aromatic carbocycles. The Morgan fingerprint density at radius 2 is 1.67 bits per heavy atom. The lowest BCUT2D eigenvalue weighted by Crippen LogP contribution is -2.67. The summed E-state index contributed by atoms with van der Waals surface area (Å²) in [6.45, 7) is 20.7. The average Bonchev–Trinajstić information content (AvgIpc) is 2.72. The van der Waals surface area contributed by atoms with Gasteiger partial charge in [0.1, 0.15) is 12.4 Å². The minimum Gasteiger partial charge on any atom is -0.490 e. The highest BCUT2D eigenvalue weighted by atomic mass is 35.5. The van der Waals surface area contributed by atoms with Gasteiger partial charge in [-0.2, -0.15) is 0 Å². The maximum atomic E-state index is 6.72. The molecule has 1 heterocycles. The Labute approximate surface area is 208 Å². The van der Waals surface area contributed by atoms with E-state index in [0.29, 0.717) is 46.9 Å². The van der Waals surface area contributed by atoms with Crippen molar-refractivity contribution in [1.29, 1.82) is 0 Å². The molecular formula is C27H47ClN2O2Si. The summed E-state index contributed by atoms with van der Waals surface area (Å²) in [5.41, 5.74) is 3.03. The van der Waals surface area contributed by atoms with Gasteiger partial charge in [0.15, 0.2) is 8.32 Å². The van der Waals surface area contributed by atoms with Gasteiger partial charge >= 0.3 is 0 Å². The molecule has 3 rings (SSSR count). The third-order valence-corrected chi connectivity index (χ3v) is 14.3. The number of rotatable bonds is 9. The first-order valence-corrected chi connectivity index (χ1v) is 15.6. The number of hydrogen-bond donors (Lipinski definition) is 1. The molecule has 1 saturated carbocycles. The lowest BCUT2D eigenvalue weighted by molar-refractivity contribution is 0.197. The largest absolute Gasteiger partial charge is 0.490 e. The smallest absolute Gasteiger partial charge is 0.200 e. The van der Waals surface area contributed by atoms with Crippen LogP contribution in [0.25, 0.3) is 0 Å². The first-order chi connectivity index (χ1) is 15.5. The van der Waals surface area contributed by atoms with Crippen molar-refractivity contribution in [2.45, 2.75) is 115 Å². The van der Waals surface area contributed by atoms with Crippen LogP contribution in [-0.2, 0) is 4.43 Å². The zero-order valence-corrected chi connectivity index (χ0v) is 24.0. The second-order valence-electron chi connectivity index (χ2n) is 11.7. The highest BCUT2D eigenvalue weighted by molar-refractivity contribution is 6.77. The molecule has 6 heteroatoms. The number of fused-ring (bicyclic) bond motifs is 1. The molecule has 0 bridgehead atoms. The maximum absolute atomic E-state index is 6.72. The van der Waals surface area contributed by atoms with E-state index in [0.717, 1.165) is 12.3 Å². The maximum Gasteiger partial charge on any atom is 0.200 e. The molecule has 1 saturated heterocycles. The third-order valence-electron chi connectivity index (χ3n) is 7.92. The summed E-state index contributed by atoms with van der Waals surface area (Å²) >= 11 is 6.72. The van der Waals surface area contributed by atoms with Crippen molar-refractivity contribution in [2.24, 2.45) is 0 Å². The van der Waals surface area contributed by atoms with Crippen molar-refractivity contribution in [3.8, 4) is 5.75 Å². The Morgan fingerprint density at radius 3 is 2.27 bits per heavy atom. The van der Waals surface area contributed by atoms with E-state index in [9.17, 15) is 0 Å². The second-order valence-corrected chi connectivity index (χ2v) is 17.6. The predicted octanol–water partition coefficient (Wildman–Crippen LogP) is 7.41. The molecule has 0 spiro atoms. The van der Waals surface area contributed by atoms with Crippen LogP contribution < -0.4 is 15.0 Å². The van der Waals surface area contributed by atoms with Gasteiger partial charge in [-0.05, 0) is 61.5 Å². The SMILES string of the molecule is CC(C)[Si](OCCOc1ccc(N2CC(C)(C)N[C@@H]3CCCC[C@@H]32)cc1Cl)(C(C)C)C(C)C. The summed E-state index contributed by atoms with van der Waals surface area (Å²) in [5.74, 6) is 0.754. The van der Waals surface area contributed by atoms with E-state index < -0.39 is 8.32 Å². The van der Waals surface area contributed by atoms with Crippen molar-refractivity contribution >= 4 is 25.6 Å². The molecule has 2 aliphatic rings. The monoisotopic (exact) mass is 494 g/mol. The van der Waals surface area contributed by atoms with E-state index in [-0.39, 0.29) is 5.54 Å². The molecular weight excluding hydrogens is 448 g/mol. The summed E-state index contributed by atoms with van der Waals surface area (Å²) in [6, 6.07) is 7.43. The van der Waals surface area contributed by atoms with Crippen molar-refractivity contribution in [2.75, 3.05) is 24.7 Å². The molecule has 2 atom stereocenters. The van der Waals surface area contributed by atoms with Crippen LogP contribution in [0.15, 0.2) is 18.2 Å². The van der Waals surface area contributed by atoms with E-state index in [4.69, 9.17) is 20.8 Å². The van der Waals surface area contributed by atoms with Gasteiger partial charge in [0.05, 0.1) is 11.6 Å². The van der Waals surface area contributed by atoms with Crippen LogP contribution in [0.5, 0.6) is 5.75 Å². The van der Waals surface area contributed by atoms with Crippen LogP contribution in [0, 0.1) is 0 Å². The fraction of sp³-hybridized carbons (Fsp3) is 0.778. The lowest BCUT2D eigenvalue weighted by Gasteiger charge is -2.52. The summed E-state index contributed by atoms with van der Waals surface area (Å²) in [7, 11) is -1.87. The van der Waals surface area contributed by atoms with Crippen LogP contribution >= 0.6 is 11.6 Å². The first-order valence-electron chi connectivity index (χ1n) is 13.1. The predicted molar refractivity (Wildman–Crippen MR) is 145 cm³/mol. The van der Waals surface area contributed by atoms with E-state index >= 15 is 0 Å². The van der Waals surface area contributed by atoms with Gasteiger partial charge in [-0.3, -0.25) is 0 Å². The van der Waals surface area contributed by atoms with Crippen molar-refractivity contribution in [3.63, 3.8) is 0 Å². The number of halogens is 1. The number of piperazine rings is 1. The molecule has 33 heavy (non-hydrogen) atoms. The molecule has 1 aliphatic carbocycles. The average molecular weight is 495 g/mol. The highest BCUT2D eigenvalue weighted by Gasteiger charge is 2.45. The van der Waals surface area contributed by atoms with Gasteiger partial charge in [0.2, 0.25) is 0 Å². The Kier molecular flexibility index (Phi) is 8.85. The van der Waals surface area contributed by atoms with Gasteiger partial charge in [0, 0.05) is 29.9 Å². The van der Waals surface area contributed by atoms with Crippen molar-refractivity contribution in [3.05, 3.63) is 23.2 Å². The van der Waals surface area contributed by atoms with E-state index in [1.807, 2.05) is 6.07 Å². The Balaban J connectivity index is 1.65. The topological polar surface area (TPSA) is 33.7 Å². The summed E-state index contributed by atoms with van der Waals surface area (Å²) in [5, 5.41) is 4.57. The molecule has 2 fully saturated rings. The fourth-order valence-corrected chi connectivity index (χ4v) is 12.3. The van der Waals surface area contributed by atoms with E-state index in [1.54, 1.807) is 0 Å². The van der Waals surface area contributed by atoms with Gasteiger partial charge in [0.25, 0.3) is 0 Å². The zero-order valence-electron chi connectivity index (χ0n) is 22.2. The molecule has 4 nitrogen and oxygen atoms in total. The Bertz CT molecular complexity index is 762. The number of benzene rings is 1. The zero-order chi connectivity index (χ0) is 24.4. The second kappa shape index (κ2) is 10.9. The molecule has 1 aliphatic heterocycles. The van der Waals surface area contributed by atoms with Crippen LogP contribution in [0.2, 0.25) is 21.6 Å². The Morgan fingerprint density at radius 1 is 1.03 bits per heavy atom. The van der Waals surface area contributed by atoms with Crippen LogP contribution in [0.3, 0.4) is 0 Å². The van der Waals surface area contributed by atoms with E-state index in [1.165, 1.54) is 31.4 Å². The standard InChI is InChI=1S/C27H47ClN2O2Si/c1-19(2)33(20(3)4,21(5)6)32-16-15-31-26-14-13-22(17-23(26)28)30-18-27(7,8)29-24-11-9-10-12-25(24)30/h13-14,17,19-21,24-25,29H,9-12,15-16,18H2,1-8H3/t24-,25+/m1/s1. The molecule has 188 valence electrons. The summed E-state index contributed by atoms with van der Waals surface area (Å²) in [4.78, 5) is 2.58. The van der Waals surface area contributed by atoms with Crippen LogP contribution in [0.4, 0.5) is 5.69 Å². The summed E-state index contributed by atoms with van der Waals surface area (Å²) < 4.78 is 12.7. The van der Waals surface area contributed by atoms with E-state index in [2.05, 4.69) is 77.7 Å². The number of nitrogens with zero attached hydrogens (tertiary/aromatic N) is 1. The van der Waals surface area contributed by atoms with Gasteiger partial charge in [-0.25, -0.2) is 0 Å². The van der Waals surface area contributed by atoms with Gasteiger partial charge in [-0.1, -0.05) is 66.0 Å². The number of hydrogen-bond acceptors (Lipinski definition) is 4. The van der Waals surface area contributed by atoms with Crippen molar-refractivity contribution < 1.29 is 9.16 Å². The normalized spacial score (nSPS) is 23.3. The molecule has 0 radical (unpaired) electrons. The minimum atomic E-state index is -1.87. The number of anilines is 1. The molecule has 1 N–H and O–H groups in total. The van der Waals surface area contributed by atoms with Crippen molar-refractivity contribution in [1.82, 2.24) is 5.32 Å². The summed E-state index contributed by atoms with van der Waals surface area (Å²) in [6.07, 6.45) is 5.13. The first kappa shape index (κ1) is 26.8. The number of ether oxygens (including phenoxy) is 1. The highest BCUT2D eigenvalue weighted by Crippen LogP contribution is 2.42. The lowest BCUT2D eigenvalue weighted by atomic mass is 9.83. The fourth-order valence-electron chi connectivity index (χ4n) is 6.68. The molecule has 0 unspecified atom stereocenters. The molecule has 0 amide bonds. The quantitative estimate of drug-likeness (QED) is 0.286. The van der Waals surface area contributed by atoms with Gasteiger partial charge in [-0.15, -0.1) is 0 Å². The number of nitrogens with one attached hydrogen (secondary N) is 1. The minimum absolute atomic E-state index is 0.0944. The molecule has 1 aromatic rings. The van der Waals surface area contributed by atoms with Crippen LogP contribution in [-0.4, -0.2) is 45.7 Å². The third kappa shape index (κ3) is 5.91. The van der Waals surface area contributed by atoms with Gasteiger partial charge < -0.3 is 19.4 Å².